The lowest BCUT2D eigenvalue weighted by Crippen LogP contribution is -2.05. The summed E-state index contributed by atoms with van der Waals surface area (Å²) < 4.78 is 18.3. The fraction of sp³-hybridized carbons (Fsp3) is 0.208. The van der Waals surface area contributed by atoms with Gasteiger partial charge in [0.1, 0.15) is 17.2 Å². The van der Waals surface area contributed by atoms with Crippen molar-refractivity contribution in [2.45, 2.75) is 27.3 Å². The summed E-state index contributed by atoms with van der Waals surface area (Å²) in [5, 5.41) is 12.7. The van der Waals surface area contributed by atoms with E-state index in [0.29, 0.717) is 29.8 Å². The van der Waals surface area contributed by atoms with Crippen LogP contribution in [0.2, 0.25) is 0 Å². The fourth-order valence-corrected chi connectivity index (χ4v) is 3.53. The van der Waals surface area contributed by atoms with E-state index in [1.165, 1.54) is 0 Å². The Labute approximate surface area is 190 Å². The maximum absolute atomic E-state index is 5.89. The topological polar surface area (TPSA) is 105 Å². The third kappa shape index (κ3) is 3.89. The van der Waals surface area contributed by atoms with E-state index in [4.69, 9.17) is 13.7 Å². The van der Waals surface area contributed by atoms with Crippen molar-refractivity contribution in [2.24, 2.45) is 0 Å². The van der Waals surface area contributed by atoms with Gasteiger partial charge in [-0.3, -0.25) is 0 Å². The molecule has 0 saturated heterocycles. The molecule has 2 aromatic carbocycles. The van der Waals surface area contributed by atoms with E-state index in [-0.39, 0.29) is 0 Å². The van der Waals surface area contributed by atoms with Crippen molar-refractivity contribution in [3.8, 4) is 40.2 Å². The first-order valence-corrected chi connectivity index (χ1v) is 10.4. The number of aryl methyl sites for hydroxylation is 2. The third-order valence-electron chi connectivity index (χ3n) is 5.53. The van der Waals surface area contributed by atoms with Crippen molar-refractivity contribution in [1.82, 2.24) is 30.1 Å². The molecule has 0 spiro atoms. The van der Waals surface area contributed by atoms with E-state index in [1.807, 2.05) is 69.3 Å². The molecule has 3 heterocycles. The molecule has 33 heavy (non-hydrogen) atoms. The van der Waals surface area contributed by atoms with Crippen molar-refractivity contribution >= 4 is 0 Å². The largest absolute Gasteiger partial charge is 0.497 e. The average molecular weight is 442 g/mol. The number of hydrogen-bond acceptors (Lipinski definition) is 8. The van der Waals surface area contributed by atoms with Crippen molar-refractivity contribution in [1.29, 1.82) is 0 Å². The predicted octanol–water partition coefficient (Wildman–Crippen LogP) is 4.63. The van der Waals surface area contributed by atoms with Gasteiger partial charge in [-0.15, -0.1) is 5.10 Å². The summed E-state index contributed by atoms with van der Waals surface area (Å²) in [6.45, 7) is 6.21. The van der Waals surface area contributed by atoms with Crippen LogP contribution in [0, 0.1) is 20.8 Å². The Bertz CT molecular complexity index is 1410. The van der Waals surface area contributed by atoms with E-state index in [9.17, 15) is 0 Å². The second-order valence-corrected chi connectivity index (χ2v) is 7.67. The van der Waals surface area contributed by atoms with E-state index in [1.54, 1.807) is 11.8 Å². The molecule has 3 aromatic heterocycles. The molecule has 0 aliphatic carbocycles. The number of ether oxygens (including phenoxy) is 1. The molecule has 5 rings (SSSR count). The molecule has 0 unspecified atom stereocenters. The quantitative estimate of drug-likeness (QED) is 0.375. The lowest BCUT2D eigenvalue weighted by molar-refractivity contribution is 0.415. The molecule has 0 bridgehead atoms. The molecule has 166 valence electrons. The molecule has 0 amide bonds. The smallest absolute Gasteiger partial charge is 0.280 e. The van der Waals surface area contributed by atoms with Gasteiger partial charge in [-0.05, 0) is 50.6 Å². The summed E-state index contributed by atoms with van der Waals surface area (Å²) in [5.74, 6) is 2.89. The normalized spacial score (nSPS) is 11.2. The molecule has 5 aromatic rings. The Balaban J connectivity index is 1.39. The first-order valence-electron chi connectivity index (χ1n) is 10.4. The van der Waals surface area contributed by atoms with Crippen molar-refractivity contribution in [2.75, 3.05) is 7.11 Å². The van der Waals surface area contributed by atoms with Crippen LogP contribution in [0.15, 0.2) is 57.5 Å². The zero-order valence-corrected chi connectivity index (χ0v) is 18.7. The van der Waals surface area contributed by atoms with E-state index in [2.05, 4.69) is 25.4 Å². The Morgan fingerprint density at radius 2 is 1.73 bits per heavy atom. The zero-order valence-electron chi connectivity index (χ0n) is 18.7. The highest BCUT2D eigenvalue weighted by molar-refractivity contribution is 5.62. The van der Waals surface area contributed by atoms with Gasteiger partial charge in [-0.1, -0.05) is 34.6 Å². The third-order valence-corrected chi connectivity index (χ3v) is 5.53. The molecular formula is C24H22N6O3. The van der Waals surface area contributed by atoms with E-state index < -0.39 is 0 Å². The summed E-state index contributed by atoms with van der Waals surface area (Å²) >= 11 is 0. The Morgan fingerprint density at radius 3 is 2.48 bits per heavy atom. The highest BCUT2D eigenvalue weighted by Gasteiger charge is 2.20. The number of benzene rings is 2. The molecule has 0 atom stereocenters. The minimum absolute atomic E-state index is 0.327. The Kier molecular flexibility index (Phi) is 5.21. The van der Waals surface area contributed by atoms with Gasteiger partial charge in [0, 0.05) is 11.1 Å². The fourth-order valence-electron chi connectivity index (χ4n) is 3.53. The second-order valence-electron chi connectivity index (χ2n) is 7.67. The zero-order chi connectivity index (χ0) is 22.9. The van der Waals surface area contributed by atoms with Crippen LogP contribution in [-0.4, -0.2) is 37.2 Å². The molecule has 0 fully saturated rings. The number of nitrogens with zero attached hydrogens (tertiary/aromatic N) is 6. The monoisotopic (exact) mass is 442 g/mol. The SMILES string of the molecule is COc1ccc(-c2nc(Cn3nnc(-c4nc(-c5ccccc5C)no4)c3C)c(C)o2)cc1. The van der Waals surface area contributed by atoms with Crippen LogP contribution in [0.4, 0.5) is 0 Å². The highest BCUT2D eigenvalue weighted by atomic mass is 16.5. The molecule has 0 saturated carbocycles. The Hall–Kier alpha value is -4.27. The molecule has 9 nitrogen and oxygen atoms in total. The summed E-state index contributed by atoms with van der Waals surface area (Å²) in [7, 11) is 1.63. The van der Waals surface area contributed by atoms with Gasteiger partial charge in [0.2, 0.25) is 11.7 Å². The summed E-state index contributed by atoms with van der Waals surface area (Å²) in [5.41, 5.74) is 4.96. The van der Waals surface area contributed by atoms with E-state index >= 15 is 0 Å². The van der Waals surface area contributed by atoms with Gasteiger partial charge >= 0.3 is 0 Å². The van der Waals surface area contributed by atoms with Crippen LogP contribution in [0.1, 0.15) is 22.7 Å². The van der Waals surface area contributed by atoms with Gasteiger partial charge in [-0.2, -0.15) is 4.98 Å². The maximum atomic E-state index is 5.89. The van der Waals surface area contributed by atoms with Gasteiger partial charge in [0.05, 0.1) is 19.3 Å². The highest BCUT2D eigenvalue weighted by Crippen LogP contribution is 2.27. The summed E-state index contributed by atoms with van der Waals surface area (Å²) in [6, 6.07) is 15.5. The second kappa shape index (κ2) is 8.34. The van der Waals surface area contributed by atoms with Crippen LogP contribution < -0.4 is 4.74 Å². The lowest BCUT2D eigenvalue weighted by Gasteiger charge is -2.01. The predicted molar refractivity (Wildman–Crippen MR) is 121 cm³/mol. The number of oxazole rings is 1. The minimum atomic E-state index is 0.327. The van der Waals surface area contributed by atoms with Crippen LogP contribution in [0.3, 0.4) is 0 Å². The van der Waals surface area contributed by atoms with Crippen LogP contribution >= 0.6 is 0 Å². The van der Waals surface area contributed by atoms with Crippen LogP contribution in [-0.2, 0) is 6.54 Å². The lowest BCUT2D eigenvalue weighted by atomic mass is 10.1. The number of rotatable bonds is 6. The van der Waals surface area contributed by atoms with Crippen LogP contribution in [0.25, 0.3) is 34.4 Å². The van der Waals surface area contributed by atoms with Gasteiger partial charge in [0.25, 0.3) is 5.89 Å². The van der Waals surface area contributed by atoms with Crippen molar-refractivity contribution in [3.05, 3.63) is 71.2 Å². The molecule has 0 N–H and O–H groups in total. The molecule has 0 aliphatic heterocycles. The number of methoxy groups -OCH3 is 1. The molecule has 0 radical (unpaired) electrons. The molecule has 0 aliphatic rings. The first-order chi connectivity index (χ1) is 16.0. The summed E-state index contributed by atoms with van der Waals surface area (Å²) in [4.78, 5) is 9.19. The molecule has 9 heteroatoms. The van der Waals surface area contributed by atoms with Gasteiger partial charge < -0.3 is 13.7 Å². The van der Waals surface area contributed by atoms with Crippen LogP contribution in [0.5, 0.6) is 5.75 Å². The number of aromatic nitrogens is 6. The van der Waals surface area contributed by atoms with Crippen molar-refractivity contribution in [3.63, 3.8) is 0 Å². The minimum Gasteiger partial charge on any atom is -0.497 e. The maximum Gasteiger partial charge on any atom is 0.280 e. The Morgan fingerprint density at radius 1 is 0.939 bits per heavy atom. The van der Waals surface area contributed by atoms with Crippen molar-refractivity contribution < 1.29 is 13.7 Å². The van der Waals surface area contributed by atoms with E-state index in [0.717, 1.165) is 39.6 Å². The number of hydrogen-bond donors (Lipinski definition) is 0. The molecular weight excluding hydrogens is 420 g/mol. The van der Waals surface area contributed by atoms with Gasteiger partial charge in [-0.25, -0.2) is 9.67 Å². The average Bonchev–Trinajstić information content (AvgIpc) is 3.54. The summed E-state index contributed by atoms with van der Waals surface area (Å²) in [6.07, 6.45) is 0. The standard InChI is InChI=1S/C24H22N6O3/c1-14-7-5-6-8-19(14)22-26-24(33-28-22)21-15(2)30(29-27-21)13-20-16(3)32-23(25-20)17-9-11-18(31-4)12-10-17/h5-12H,13H2,1-4H3. The first kappa shape index (κ1) is 20.6. The van der Waals surface area contributed by atoms with Gasteiger partial charge in [0.15, 0.2) is 5.69 Å².